The first-order chi connectivity index (χ1) is 14.1. The summed E-state index contributed by atoms with van der Waals surface area (Å²) in [6, 6.07) is 7.62. The predicted molar refractivity (Wildman–Crippen MR) is 122 cm³/mol. The molecule has 0 radical (unpaired) electrons. The van der Waals surface area contributed by atoms with E-state index >= 15 is 0 Å². The van der Waals surface area contributed by atoms with Crippen LogP contribution < -0.4 is 10.2 Å². The van der Waals surface area contributed by atoms with Crippen LogP contribution in [0, 0.1) is 11.8 Å². The van der Waals surface area contributed by atoms with Crippen LogP contribution in [0.3, 0.4) is 0 Å². The van der Waals surface area contributed by atoms with Gasteiger partial charge in [-0.3, -0.25) is 4.99 Å². The molecule has 1 unspecified atom stereocenters. The van der Waals surface area contributed by atoms with Crippen LogP contribution >= 0.6 is 0 Å². The Bertz CT molecular complexity index is 654. The summed E-state index contributed by atoms with van der Waals surface area (Å²) in [7, 11) is 0. The van der Waals surface area contributed by atoms with Gasteiger partial charge in [-0.15, -0.1) is 0 Å². The number of nitrogens with one attached hydrogen (secondary N) is 1. The summed E-state index contributed by atoms with van der Waals surface area (Å²) in [5, 5.41) is 13.6. The van der Waals surface area contributed by atoms with Crippen LogP contribution in [0.25, 0.3) is 0 Å². The number of hydrogen-bond acceptors (Lipinski definition) is 4. The van der Waals surface area contributed by atoms with Gasteiger partial charge in [0, 0.05) is 52.4 Å². The first kappa shape index (κ1) is 21.8. The van der Waals surface area contributed by atoms with E-state index in [1.165, 1.54) is 32.5 Å². The third-order valence-corrected chi connectivity index (χ3v) is 5.86. The number of phenolic OH excluding ortho intramolecular Hbond substituents is 1. The Balaban J connectivity index is 1.55. The fourth-order valence-corrected chi connectivity index (χ4v) is 4.51. The minimum Gasteiger partial charge on any atom is -0.506 e. The lowest BCUT2D eigenvalue weighted by atomic mass is 9.97. The molecule has 2 N–H and O–H groups in total. The number of likely N-dealkylation sites (tertiary alicyclic amines) is 1. The maximum Gasteiger partial charge on any atom is 0.194 e. The van der Waals surface area contributed by atoms with Crippen LogP contribution in [0.1, 0.15) is 33.6 Å². The molecule has 0 aliphatic carbocycles. The summed E-state index contributed by atoms with van der Waals surface area (Å²) >= 11 is 0. The molecule has 2 fully saturated rings. The van der Waals surface area contributed by atoms with E-state index in [1.807, 2.05) is 18.2 Å². The number of aromatic hydroxyl groups is 1. The minimum atomic E-state index is 0.366. The summed E-state index contributed by atoms with van der Waals surface area (Å²) in [4.78, 5) is 12.3. The highest BCUT2D eigenvalue weighted by Gasteiger charge is 2.23. The van der Waals surface area contributed by atoms with Crippen LogP contribution in [0.15, 0.2) is 29.3 Å². The van der Waals surface area contributed by atoms with E-state index in [0.717, 1.165) is 56.8 Å². The number of piperazine rings is 1. The molecule has 0 spiro atoms. The van der Waals surface area contributed by atoms with Crippen molar-refractivity contribution >= 4 is 11.6 Å². The van der Waals surface area contributed by atoms with Crippen molar-refractivity contribution in [3.8, 4) is 5.75 Å². The monoisotopic (exact) mass is 401 g/mol. The van der Waals surface area contributed by atoms with Crippen LogP contribution in [-0.4, -0.2) is 79.8 Å². The molecule has 0 aromatic heterocycles. The van der Waals surface area contributed by atoms with Crippen LogP contribution in [0.2, 0.25) is 0 Å². The number of rotatable bonds is 6. The summed E-state index contributed by atoms with van der Waals surface area (Å²) in [5.41, 5.74) is 0.932. The highest BCUT2D eigenvalue weighted by molar-refractivity contribution is 5.80. The Hall–Kier alpha value is -1.95. The van der Waals surface area contributed by atoms with Gasteiger partial charge in [-0.2, -0.15) is 0 Å². The second kappa shape index (κ2) is 10.7. The smallest absolute Gasteiger partial charge is 0.194 e. The molecule has 1 atom stereocenters. The zero-order chi connectivity index (χ0) is 20.6. The van der Waals surface area contributed by atoms with Gasteiger partial charge in [-0.1, -0.05) is 26.0 Å². The van der Waals surface area contributed by atoms with Gasteiger partial charge in [0.2, 0.25) is 0 Å². The number of anilines is 1. The molecule has 1 aromatic rings. The van der Waals surface area contributed by atoms with E-state index in [-0.39, 0.29) is 0 Å². The normalized spacial score (nSPS) is 21.7. The van der Waals surface area contributed by atoms with Gasteiger partial charge in [-0.05, 0) is 50.3 Å². The Morgan fingerprint density at radius 1 is 1.17 bits per heavy atom. The number of para-hydroxylation sites is 2. The van der Waals surface area contributed by atoms with Gasteiger partial charge >= 0.3 is 0 Å². The van der Waals surface area contributed by atoms with Crippen molar-refractivity contribution in [2.24, 2.45) is 16.8 Å². The van der Waals surface area contributed by atoms with E-state index in [1.54, 1.807) is 6.07 Å². The number of aliphatic imine (C=N–C) groups is 1. The Morgan fingerprint density at radius 3 is 2.62 bits per heavy atom. The van der Waals surface area contributed by atoms with Crippen molar-refractivity contribution in [2.75, 3.05) is 63.8 Å². The molecule has 2 saturated heterocycles. The quantitative estimate of drug-likeness (QED) is 0.567. The van der Waals surface area contributed by atoms with Gasteiger partial charge in [0.05, 0.1) is 5.69 Å². The van der Waals surface area contributed by atoms with Crippen molar-refractivity contribution in [3.05, 3.63) is 24.3 Å². The molecular formula is C23H39N5O. The second-order valence-electron chi connectivity index (χ2n) is 8.82. The lowest BCUT2D eigenvalue weighted by Gasteiger charge is -2.38. The fourth-order valence-electron chi connectivity index (χ4n) is 4.51. The topological polar surface area (TPSA) is 54.3 Å². The number of benzene rings is 1. The molecule has 1 aromatic carbocycles. The average Bonchev–Trinajstić information content (AvgIpc) is 2.71. The molecule has 2 aliphatic rings. The zero-order valence-electron chi connectivity index (χ0n) is 18.5. The van der Waals surface area contributed by atoms with E-state index < -0.39 is 0 Å². The highest BCUT2D eigenvalue weighted by atomic mass is 16.3. The van der Waals surface area contributed by atoms with Crippen molar-refractivity contribution < 1.29 is 5.11 Å². The Morgan fingerprint density at radius 2 is 1.93 bits per heavy atom. The molecular weight excluding hydrogens is 362 g/mol. The fraction of sp³-hybridized carbons (Fsp3) is 0.696. The number of guanidine groups is 1. The third-order valence-electron chi connectivity index (χ3n) is 5.86. The lowest BCUT2D eigenvalue weighted by molar-refractivity contribution is 0.162. The maximum atomic E-state index is 10.1. The largest absolute Gasteiger partial charge is 0.506 e. The van der Waals surface area contributed by atoms with E-state index in [2.05, 4.69) is 40.8 Å². The molecule has 162 valence electrons. The van der Waals surface area contributed by atoms with Crippen LogP contribution in [0.5, 0.6) is 5.75 Å². The van der Waals surface area contributed by atoms with Gasteiger partial charge in [0.1, 0.15) is 5.75 Å². The summed E-state index contributed by atoms with van der Waals surface area (Å²) in [6.45, 7) is 15.8. The standard InChI is InChI=1S/C23H39N5O/c1-4-24-23(25-16-20-8-7-11-26(18-20)17-19(2)3)28-14-12-27(13-15-28)21-9-5-6-10-22(21)29/h5-6,9-10,19-20,29H,4,7-8,11-18H2,1-3H3,(H,24,25). The Labute approximate surface area is 176 Å². The Kier molecular flexibility index (Phi) is 8.04. The second-order valence-corrected chi connectivity index (χ2v) is 8.82. The summed E-state index contributed by atoms with van der Waals surface area (Å²) in [5.74, 6) is 2.81. The van der Waals surface area contributed by atoms with Crippen molar-refractivity contribution in [1.82, 2.24) is 15.1 Å². The van der Waals surface area contributed by atoms with Crippen molar-refractivity contribution in [1.29, 1.82) is 0 Å². The number of hydrogen-bond donors (Lipinski definition) is 2. The number of nitrogens with zero attached hydrogens (tertiary/aromatic N) is 4. The van der Waals surface area contributed by atoms with E-state index in [4.69, 9.17) is 4.99 Å². The average molecular weight is 402 g/mol. The molecule has 3 rings (SSSR count). The van der Waals surface area contributed by atoms with Gasteiger partial charge in [0.25, 0.3) is 0 Å². The number of phenols is 1. The maximum absolute atomic E-state index is 10.1. The molecule has 0 amide bonds. The van der Waals surface area contributed by atoms with E-state index in [0.29, 0.717) is 11.7 Å². The van der Waals surface area contributed by atoms with Crippen LogP contribution in [0.4, 0.5) is 5.69 Å². The predicted octanol–water partition coefficient (Wildman–Crippen LogP) is 2.85. The summed E-state index contributed by atoms with van der Waals surface area (Å²) < 4.78 is 0. The number of piperidine rings is 1. The van der Waals surface area contributed by atoms with Gasteiger partial charge in [0.15, 0.2) is 5.96 Å². The van der Waals surface area contributed by atoms with Gasteiger partial charge in [-0.25, -0.2) is 0 Å². The zero-order valence-corrected chi connectivity index (χ0v) is 18.5. The minimum absolute atomic E-state index is 0.366. The summed E-state index contributed by atoms with van der Waals surface area (Å²) in [6.07, 6.45) is 2.58. The molecule has 29 heavy (non-hydrogen) atoms. The van der Waals surface area contributed by atoms with Crippen LogP contribution in [-0.2, 0) is 0 Å². The first-order valence-electron chi connectivity index (χ1n) is 11.3. The SMILES string of the molecule is CCNC(=NCC1CCCN(CC(C)C)C1)N1CCN(c2ccccc2O)CC1. The molecule has 6 nitrogen and oxygen atoms in total. The molecule has 6 heteroatoms. The van der Waals surface area contributed by atoms with E-state index in [9.17, 15) is 5.11 Å². The van der Waals surface area contributed by atoms with Crippen molar-refractivity contribution in [2.45, 2.75) is 33.6 Å². The molecule has 2 heterocycles. The molecule has 0 saturated carbocycles. The lowest BCUT2D eigenvalue weighted by Crippen LogP contribution is -2.52. The first-order valence-corrected chi connectivity index (χ1v) is 11.3. The highest BCUT2D eigenvalue weighted by Crippen LogP contribution is 2.27. The van der Waals surface area contributed by atoms with Crippen molar-refractivity contribution in [3.63, 3.8) is 0 Å². The molecule has 2 aliphatic heterocycles. The van der Waals surface area contributed by atoms with Gasteiger partial charge < -0.3 is 25.1 Å². The third kappa shape index (κ3) is 6.26. The molecule has 0 bridgehead atoms.